The van der Waals surface area contributed by atoms with Crippen LogP contribution in [0.1, 0.15) is 0 Å². The minimum Gasteiger partial charge on any atom is -0.447 e. The molecule has 1 aromatic rings. The number of ether oxygens (including phenoxy) is 1. The Labute approximate surface area is 92.8 Å². The Kier molecular flexibility index (Phi) is 4.27. The summed E-state index contributed by atoms with van der Waals surface area (Å²) in [7, 11) is 0. The highest BCUT2D eigenvalue weighted by atomic mass is 19.2. The van der Waals surface area contributed by atoms with E-state index in [4.69, 9.17) is 5.11 Å². The Bertz CT molecular complexity index is 412. The maximum Gasteiger partial charge on any atom is 0.411 e. The number of halogens is 4. The number of aliphatic hydroxyl groups excluding tert-OH is 1. The molecule has 0 unspecified atom stereocenters. The van der Waals surface area contributed by atoms with Gasteiger partial charge in [-0.3, -0.25) is 5.32 Å². The van der Waals surface area contributed by atoms with Crippen molar-refractivity contribution in [3.8, 4) is 0 Å². The third-order valence-electron chi connectivity index (χ3n) is 1.66. The van der Waals surface area contributed by atoms with Gasteiger partial charge in [0.1, 0.15) is 12.3 Å². The Balaban J connectivity index is 2.94. The lowest BCUT2D eigenvalue weighted by Crippen LogP contribution is -2.18. The second-order valence-electron chi connectivity index (χ2n) is 2.83. The van der Waals surface area contributed by atoms with E-state index >= 15 is 0 Å². The second kappa shape index (κ2) is 5.48. The second-order valence-corrected chi connectivity index (χ2v) is 2.83. The van der Waals surface area contributed by atoms with Crippen LogP contribution in [0.2, 0.25) is 0 Å². The molecule has 0 aliphatic carbocycles. The molecule has 0 spiro atoms. The molecule has 0 aromatic heterocycles. The molecular formula is C9H7F4NO3. The summed E-state index contributed by atoms with van der Waals surface area (Å²) in [5, 5.41) is 9.80. The van der Waals surface area contributed by atoms with Crippen LogP contribution in [0.3, 0.4) is 0 Å². The van der Waals surface area contributed by atoms with Crippen LogP contribution in [0.15, 0.2) is 6.07 Å². The molecule has 0 fully saturated rings. The van der Waals surface area contributed by atoms with Gasteiger partial charge in [-0.05, 0) is 0 Å². The van der Waals surface area contributed by atoms with Gasteiger partial charge in [-0.1, -0.05) is 0 Å². The van der Waals surface area contributed by atoms with Crippen molar-refractivity contribution in [2.24, 2.45) is 0 Å². The molecule has 0 aliphatic heterocycles. The van der Waals surface area contributed by atoms with Crippen LogP contribution in [0.5, 0.6) is 0 Å². The normalized spacial score (nSPS) is 10.2. The first kappa shape index (κ1) is 13.2. The Morgan fingerprint density at radius 2 is 1.76 bits per heavy atom. The molecule has 0 heterocycles. The molecule has 8 heteroatoms. The Morgan fingerprint density at radius 3 is 2.24 bits per heavy atom. The number of carbonyl (C=O) groups excluding carboxylic acids is 1. The van der Waals surface area contributed by atoms with E-state index in [1.807, 2.05) is 0 Å². The summed E-state index contributed by atoms with van der Waals surface area (Å²) in [4.78, 5) is 10.9. The van der Waals surface area contributed by atoms with Crippen LogP contribution in [0.4, 0.5) is 28.0 Å². The van der Waals surface area contributed by atoms with Gasteiger partial charge >= 0.3 is 6.09 Å². The standard InChI is InChI=1S/C9H7F4NO3/c10-4-3-5(11)7(13)8(6(4)12)14-9(16)17-2-1-15/h3,15H,1-2H2,(H,14,16). The van der Waals surface area contributed by atoms with Crippen LogP contribution in [-0.4, -0.2) is 24.4 Å². The largest absolute Gasteiger partial charge is 0.447 e. The molecule has 0 saturated carbocycles. The van der Waals surface area contributed by atoms with E-state index in [2.05, 4.69) is 4.74 Å². The molecule has 17 heavy (non-hydrogen) atoms. The summed E-state index contributed by atoms with van der Waals surface area (Å²) in [5.41, 5.74) is -1.29. The van der Waals surface area contributed by atoms with Gasteiger partial charge in [0, 0.05) is 6.07 Å². The van der Waals surface area contributed by atoms with Crippen molar-refractivity contribution in [2.75, 3.05) is 18.5 Å². The van der Waals surface area contributed by atoms with Crippen molar-refractivity contribution in [1.29, 1.82) is 0 Å². The fourth-order valence-corrected chi connectivity index (χ4v) is 0.959. The topological polar surface area (TPSA) is 58.6 Å². The SMILES string of the molecule is O=C(Nc1c(F)c(F)cc(F)c1F)OCCO. The van der Waals surface area contributed by atoms with E-state index in [9.17, 15) is 22.4 Å². The molecule has 0 atom stereocenters. The van der Waals surface area contributed by atoms with Crippen LogP contribution < -0.4 is 5.32 Å². The zero-order chi connectivity index (χ0) is 13.0. The molecule has 1 amide bonds. The fourth-order valence-electron chi connectivity index (χ4n) is 0.959. The molecule has 0 bridgehead atoms. The van der Waals surface area contributed by atoms with Gasteiger partial charge < -0.3 is 9.84 Å². The molecule has 1 aromatic carbocycles. The van der Waals surface area contributed by atoms with Crippen LogP contribution in [0, 0.1) is 23.3 Å². The maximum absolute atomic E-state index is 13.0. The van der Waals surface area contributed by atoms with Crippen molar-refractivity contribution in [3.63, 3.8) is 0 Å². The lowest BCUT2D eigenvalue weighted by molar-refractivity contribution is 0.131. The molecule has 1 rings (SSSR count). The number of amides is 1. The summed E-state index contributed by atoms with van der Waals surface area (Å²) in [6.07, 6.45) is -1.35. The number of rotatable bonds is 3. The van der Waals surface area contributed by atoms with E-state index in [0.717, 1.165) is 0 Å². The molecule has 2 N–H and O–H groups in total. The molecule has 94 valence electrons. The smallest absolute Gasteiger partial charge is 0.411 e. The first-order valence-electron chi connectivity index (χ1n) is 4.35. The lowest BCUT2D eigenvalue weighted by atomic mass is 10.2. The predicted octanol–water partition coefficient (Wildman–Crippen LogP) is 1.78. The molecule has 0 radical (unpaired) electrons. The first-order chi connectivity index (χ1) is 7.97. The van der Waals surface area contributed by atoms with Gasteiger partial charge in [0.05, 0.1) is 6.61 Å². The number of nitrogens with one attached hydrogen (secondary N) is 1. The number of anilines is 1. The zero-order valence-corrected chi connectivity index (χ0v) is 8.27. The summed E-state index contributed by atoms with van der Waals surface area (Å²) in [6, 6.07) is 0.00883. The molecular weight excluding hydrogens is 246 g/mol. The van der Waals surface area contributed by atoms with Gasteiger partial charge in [-0.15, -0.1) is 0 Å². The van der Waals surface area contributed by atoms with E-state index in [1.165, 1.54) is 5.32 Å². The summed E-state index contributed by atoms with van der Waals surface area (Å²) >= 11 is 0. The Hall–Kier alpha value is -1.83. The predicted molar refractivity (Wildman–Crippen MR) is 48.3 cm³/mol. The van der Waals surface area contributed by atoms with E-state index in [0.29, 0.717) is 0 Å². The fraction of sp³-hybridized carbons (Fsp3) is 0.222. The molecule has 0 saturated heterocycles. The van der Waals surface area contributed by atoms with E-state index in [1.54, 1.807) is 0 Å². The van der Waals surface area contributed by atoms with Gasteiger partial charge in [0.25, 0.3) is 0 Å². The minimum absolute atomic E-state index is 0.00883. The summed E-state index contributed by atoms with van der Waals surface area (Å²) < 4.78 is 55.7. The molecule has 4 nitrogen and oxygen atoms in total. The minimum atomic E-state index is -1.75. The average Bonchev–Trinajstić information content (AvgIpc) is 2.29. The van der Waals surface area contributed by atoms with Crippen molar-refractivity contribution >= 4 is 11.8 Å². The van der Waals surface area contributed by atoms with Crippen molar-refractivity contribution in [2.45, 2.75) is 0 Å². The van der Waals surface area contributed by atoms with Gasteiger partial charge in [0.15, 0.2) is 23.3 Å². The number of benzene rings is 1. The molecule has 0 aliphatic rings. The highest BCUT2D eigenvalue weighted by molar-refractivity contribution is 5.84. The van der Waals surface area contributed by atoms with E-state index in [-0.39, 0.29) is 6.07 Å². The number of hydrogen-bond donors (Lipinski definition) is 2. The highest BCUT2D eigenvalue weighted by Crippen LogP contribution is 2.24. The highest BCUT2D eigenvalue weighted by Gasteiger charge is 2.21. The average molecular weight is 253 g/mol. The van der Waals surface area contributed by atoms with E-state index < -0.39 is 48.3 Å². The number of carbonyl (C=O) groups is 1. The van der Waals surface area contributed by atoms with Crippen LogP contribution in [0.25, 0.3) is 0 Å². The monoisotopic (exact) mass is 253 g/mol. The summed E-state index contributed by atoms with van der Waals surface area (Å²) in [6.45, 7) is -0.928. The summed E-state index contributed by atoms with van der Waals surface area (Å²) in [5.74, 6) is -6.79. The van der Waals surface area contributed by atoms with Crippen molar-refractivity contribution < 1.29 is 32.2 Å². The third-order valence-corrected chi connectivity index (χ3v) is 1.66. The van der Waals surface area contributed by atoms with Crippen molar-refractivity contribution in [3.05, 3.63) is 29.3 Å². The van der Waals surface area contributed by atoms with Crippen molar-refractivity contribution in [1.82, 2.24) is 0 Å². The van der Waals surface area contributed by atoms with Crippen LogP contribution in [-0.2, 0) is 4.74 Å². The number of hydrogen-bond acceptors (Lipinski definition) is 3. The zero-order valence-electron chi connectivity index (χ0n) is 8.27. The quantitative estimate of drug-likeness (QED) is 0.637. The maximum atomic E-state index is 13.0. The number of aliphatic hydroxyl groups is 1. The lowest BCUT2D eigenvalue weighted by Gasteiger charge is -2.08. The Morgan fingerprint density at radius 1 is 1.24 bits per heavy atom. The van der Waals surface area contributed by atoms with Gasteiger partial charge in [-0.25, -0.2) is 22.4 Å². The third kappa shape index (κ3) is 3.06. The van der Waals surface area contributed by atoms with Gasteiger partial charge in [-0.2, -0.15) is 0 Å². The van der Waals surface area contributed by atoms with Gasteiger partial charge in [0.2, 0.25) is 0 Å². The first-order valence-corrected chi connectivity index (χ1v) is 4.35. The van der Waals surface area contributed by atoms with Crippen LogP contribution >= 0.6 is 0 Å².